The molecule has 4 N–H and O–H groups in total. The first kappa shape index (κ1) is 21.0. The monoisotopic (exact) mass is 496 g/mol. The smallest absolute Gasteiger partial charge is 0.308 e. The summed E-state index contributed by atoms with van der Waals surface area (Å²) in [5.41, 5.74) is 3.37. The third kappa shape index (κ3) is 4.74. The van der Waals surface area contributed by atoms with Gasteiger partial charge in [-0.15, -0.1) is 0 Å². The number of sulfonamides is 1. The topological polar surface area (TPSA) is 114 Å². The quantitative estimate of drug-likeness (QED) is 0.370. The van der Waals surface area contributed by atoms with Gasteiger partial charge in [0.15, 0.2) is 5.03 Å². The van der Waals surface area contributed by atoms with Crippen LogP contribution in [-0.2, 0) is 10.0 Å². The molecule has 0 atom stereocenters. The largest absolute Gasteiger partial charge is 0.323 e. The van der Waals surface area contributed by atoms with Crippen molar-refractivity contribution in [1.29, 1.82) is 0 Å². The molecule has 0 bridgehead atoms. The van der Waals surface area contributed by atoms with E-state index in [1.807, 2.05) is 48.5 Å². The van der Waals surface area contributed by atoms with E-state index in [0.29, 0.717) is 16.9 Å². The van der Waals surface area contributed by atoms with E-state index < -0.39 is 10.0 Å². The Morgan fingerprint density at radius 3 is 2.32 bits per heavy atom. The molecular formula is C22H17BrN4O3S. The van der Waals surface area contributed by atoms with Crippen molar-refractivity contribution in [3.05, 3.63) is 83.3 Å². The number of carbonyl (C=O) groups excluding carboxylic acids is 1. The van der Waals surface area contributed by atoms with Crippen molar-refractivity contribution >= 4 is 54.3 Å². The van der Waals surface area contributed by atoms with Gasteiger partial charge in [0.1, 0.15) is 0 Å². The van der Waals surface area contributed by atoms with Gasteiger partial charge in [-0.2, -0.15) is 0 Å². The fourth-order valence-corrected chi connectivity index (χ4v) is 3.96. The second-order valence-electron chi connectivity index (χ2n) is 6.71. The lowest BCUT2D eigenvalue weighted by molar-refractivity contribution is 0.262. The number of nitrogens with two attached hydrogens (primary N) is 1. The lowest BCUT2D eigenvalue weighted by Crippen LogP contribution is -2.19. The Bertz CT molecular complexity index is 1390. The molecule has 7 nitrogen and oxygen atoms in total. The standard InChI is InChI=1S/C22H17BrN4O3S/c23-18-6-1-2-7-19(18)26-22(28)25-16-11-8-14(9-12-16)17-5-3-4-15-10-13-20(27-21(15)17)31(24,29)30/h1-13H,(H2,24,29,30)(H2,25,26,28). The van der Waals surface area contributed by atoms with Gasteiger partial charge in [0.25, 0.3) is 10.0 Å². The van der Waals surface area contributed by atoms with Crippen molar-refractivity contribution in [3.8, 4) is 11.1 Å². The molecule has 0 saturated heterocycles. The summed E-state index contributed by atoms with van der Waals surface area (Å²) in [5.74, 6) is 0. The van der Waals surface area contributed by atoms with Crippen LogP contribution in [0.4, 0.5) is 16.2 Å². The zero-order chi connectivity index (χ0) is 22.0. The number of carbonyl (C=O) groups is 1. The highest BCUT2D eigenvalue weighted by Crippen LogP contribution is 2.29. The zero-order valence-corrected chi connectivity index (χ0v) is 18.4. The molecule has 0 aliphatic heterocycles. The third-order valence-corrected chi connectivity index (χ3v) is 6.06. The average Bonchev–Trinajstić information content (AvgIpc) is 2.74. The van der Waals surface area contributed by atoms with Crippen molar-refractivity contribution in [2.24, 2.45) is 5.14 Å². The summed E-state index contributed by atoms with van der Waals surface area (Å²) in [7, 11) is -3.91. The maximum atomic E-state index is 12.3. The SMILES string of the molecule is NS(=O)(=O)c1ccc2cccc(-c3ccc(NC(=O)Nc4ccccc4Br)cc3)c2n1. The van der Waals surface area contributed by atoms with Gasteiger partial charge in [0.05, 0.1) is 11.2 Å². The Hall–Kier alpha value is -3.27. The normalized spacial score (nSPS) is 11.3. The Kier molecular flexibility index (Phi) is 5.73. The second-order valence-corrected chi connectivity index (χ2v) is 9.07. The molecule has 1 heterocycles. The van der Waals surface area contributed by atoms with Crippen LogP contribution in [0.5, 0.6) is 0 Å². The number of nitrogens with zero attached hydrogens (tertiary/aromatic N) is 1. The van der Waals surface area contributed by atoms with Crippen LogP contribution in [0.1, 0.15) is 0 Å². The molecule has 1 aromatic heterocycles. The van der Waals surface area contributed by atoms with Gasteiger partial charge in [-0.25, -0.2) is 23.3 Å². The van der Waals surface area contributed by atoms with Crippen LogP contribution in [0.2, 0.25) is 0 Å². The highest BCUT2D eigenvalue weighted by atomic mass is 79.9. The molecule has 156 valence electrons. The number of amides is 2. The third-order valence-electron chi connectivity index (χ3n) is 4.56. The minimum absolute atomic E-state index is 0.186. The number of para-hydroxylation sites is 2. The minimum atomic E-state index is -3.91. The first-order chi connectivity index (χ1) is 14.8. The molecule has 0 radical (unpaired) electrons. The van der Waals surface area contributed by atoms with Crippen LogP contribution in [-0.4, -0.2) is 19.4 Å². The molecule has 0 spiro atoms. The van der Waals surface area contributed by atoms with E-state index in [2.05, 4.69) is 31.5 Å². The van der Waals surface area contributed by atoms with E-state index in [0.717, 1.165) is 21.0 Å². The maximum Gasteiger partial charge on any atom is 0.323 e. The first-order valence-corrected chi connectivity index (χ1v) is 11.5. The number of benzene rings is 3. The molecule has 0 aliphatic rings. The van der Waals surface area contributed by atoms with Crippen molar-refractivity contribution in [2.45, 2.75) is 5.03 Å². The Morgan fingerprint density at radius 1 is 0.871 bits per heavy atom. The minimum Gasteiger partial charge on any atom is -0.308 e. The number of halogens is 1. The highest BCUT2D eigenvalue weighted by Gasteiger charge is 2.13. The molecule has 0 saturated carbocycles. The molecule has 0 unspecified atom stereocenters. The van der Waals surface area contributed by atoms with Crippen molar-refractivity contribution in [1.82, 2.24) is 4.98 Å². The summed E-state index contributed by atoms with van der Waals surface area (Å²) < 4.78 is 24.2. The van der Waals surface area contributed by atoms with Crippen LogP contribution in [0, 0.1) is 0 Å². The molecule has 2 amide bonds. The molecule has 3 aromatic carbocycles. The molecule has 4 rings (SSSR count). The van der Waals surface area contributed by atoms with Gasteiger partial charge in [0, 0.05) is 21.1 Å². The number of anilines is 2. The predicted octanol–water partition coefficient (Wildman–Crippen LogP) is 4.96. The lowest BCUT2D eigenvalue weighted by Gasteiger charge is -2.11. The number of fused-ring (bicyclic) bond motifs is 1. The fourth-order valence-electron chi connectivity index (χ4n) is 3.10. The second kappa shape index (κ2) is 8.46. The maximum absolute atomic E-state index is 12.3. The van der Waals surface area contributed by atoms with Crippen molar-refractivity contribution < 1.29 is 13.2 Å². The summed E-state index contributed by atoms with van der Waals surface area (Å²) in [6.45, 7) is 0. The van der Waals surface area contributed by atoms with E-state index in [9.17, 15) is 13.2 Å². The van der Waals surface area contributed by atoms with Crippen molar-refractivity contribution in [3.63, 3.8) is 0 Å². The van der Waals surface area contributed by atoms with Gasteiger partial charge >= 0.3 is 6.03 Å². The molecule has 0 aliphatic carbocycles. The zero-order valence-electron chi connectivity index (χ0n) is 16.0. The first-order valence-electron chi connectivity index (χ1n) is 9.17. The number of aromatic nitrogens is 1. The van der Waals surface area contributed by atoms with Gasteiger partial charge in [-0.3, -0.25) is 0 Å². The van der Waals surface area contributed by atoms with Gasteiger partial charge in [-0.05, 0) is 57.9 Å². The van der Waals surface area contributed by atoms with Crippen LogP contribution in [0.25, 0.3) is 22.0 Å². The molecular weight excluding hydrogens is 480 g/mol. The number of hydrogen-bond donors (Lipinski definition) is 3. The number of primary sulfonamides is 1. The molecule has 9 heteroatoms. The molecule has 31 heavy (non-hydrogen) atoms. The Labute approximate surface area is 187 Å². The van der Waals surface area contributed by atoms with Crippen LogP contribution in [0.3, 0.4) is 0 Å². The van der Waals surface area contributed by atoms with Crippen LogP contribution in [0.15, 0.2) is 88.4 Å². The molecule has 4 aromatic rings. The van der Waals surface area contributed by atoms with Gasteiger partial charge in [-0.1, -0.05) is 42.5 Å². The van der Waals surface area contributed by atoms with Crippen LogP contribution < -0.4 is 15.8 Å². The van der Waals surface area contributed by atoms with E-state index in [1.165, 1.54) is 6.07 Å². The number of nitrogens with one attached hydrogen (secondary N) is 2. The summed E-state index contributed by atoms with van der Waals surface area (Å²) in [5, 5.41) is 11.4. The van der Waals surface area contributed by atoms with Gasteiger partial charge in [0.2, 0.25) is 0 Å². The van der Waals surface area contributed by atoms with E-state index in [4.69, 9.17) is 5.14 Å². The van der Waals surface area contributed by atoms with E-state index in [1.54, 1.807) is 24.3 Å². The van der Waals surface area contributed by atoms with Crippen molar-refractivity contribution in [2.75, 3.05) is 10.6 Å². The summed E-state index contributed by atoms with van der Waals surface area (Å²) in [6, 6.07) is 22.7. The average molecular weight is 497 g/mol. The Balaban J connectivity index is 1.59. The number of pyridine rings is 1. The summed E-state index contributed by atoms with van der Waals surface area (Å²) in [4.78, 5) is 16.5. The number of rotatable bonds is 4. The summed E-state index contributed by atoms with van der Waals surface area (Å²) >= 11 is 3.39. The predicted molar refractivity (Wildman–Crippen MR) is 125 cm³/mol. The number of hydrogen-bond acceptors (Lipinski definition) is 4. The van der Waals surface area contributed by atoms with Crippen LogP contribution >= 0.6 is 15.9 Å². The Morgan fingerprint density at radius 2 is 1.61 bits per heavy atom. The molecule has 0 fully saturated rings. The van der Waals surface area contributed by atoms with E-state index >= 15 is 0 Å². The fraction of sp³-hybridized carbons (Fsp3) is 0. The van der Waals surface area contributed by atoms with E-state index in [-0.39, 0.29) is 11.1 Å². The van der Waals surface area contributed by atoms with Gasteiger partial charge < -0.3 is 10.6 Å². The highest BCUT2D eigenvalue weighted by molar-refractivity contribution is 9.10. The lowest BCUT2D eigenvalue weighted by atomic mass is 10.0. The summed E-state index contributed by atoms with van der Waals surface area (Å²) in [6.07, 6.45) is 0. The number of urea groups is 1.